The lowest BCUT2D eigenvalue weighted by Crippen LogP contribution is -2.06. The predicted octanol–water partition coefficient (Wildman–Crippen LogP) is 3.76. The van der Waals surface area contributed by atoms with E-state index in [4.69, 9.17) is 4.74 Å². The van der Waals surface area contributed by atoms with E-state index in [9.17, 15) is 0 Å². The number of aromatic nitrogens is 1. The second-order valence-corrected chi connectivity index (χ2v) is 5.80. The standard InChI is InChI=1S/C16H19BrN2O/c1-11-4-13(7-18-3)5-12(2)16(11)20-10-14-6-15(17)9-19-8-14/h4-6,8-9,18H,7,10H2,1-3H3. The van der Waals surface area contributed by atoms with Crippen LogP contribution >= 0.6 is 15.9 Å². The average Bonchev–Trinajstić information content (AvgIpc) is 2.38. The Morgan fingerprint density at radius 2 is 1.80 bits per heavy atom. The summed E-state index contributed by atoms with van der Waals surface area (Å²) in [5.74, 6) is 0.963. The molecule has 0 saturated carbocycles. The van der Waals surface area contributed by atoms with Crippen molar-refractivity contribution in [3.05, 3.63) is 57.3 Å². The first-order valence-corrected chi connectivity index (χ1v) is 7.36. The minimum absolute atomic E-state index is 0.527. The molecule has 2 aromatic rings. The molecule has 0 aliphatic rings. The minimum atomic E-state index is 0.527. The molecule has 0 bridgehead atoms. The number of hydrogen-bond donors (Lipinski definition) is 1. The number of nitrogens with one attached hydrogen (secondary N) is 1. The molecular formula is C16H19BrN2O. The summed E-state index contributed by atoms with van der Waals surface area (Å²) >= 11 is 3.42. The molecule has 0 spiro atoms. The van der Waals surface area contributed by atoms with Gasteiger partial charge in [0.2, 0.25) is 0 Å². The first-order valence-electron chi connectivity index (χ1n) is 6.57. The number of nitrogens with zero attached hydrogens (tertiary/aromatic N) is 1. The molecule has 2 rings (SSSR count). The van der Waals surface area contributed by atoms with Crippen molar-refractivity contribution < 1.29 is 4.74 Å². The van der Waals surface area contributed by atoms with Crippen LogP contribution in [0.1, 0.15) is 22.3 Å². The van der Waals surface area contributed by atoms with Crippen LogP contribution in [0.25, 0.3) is 0 Å². The Labute approximate surface area is 128 Å². The third-order valence-corrected chi connectivity index (χ3v) is 3.48. The maximum Gasteiger partial charge on any atom is 0.125 e. The van der Waals surface area contributed by atoms with E-state index in [1.54, 1.807) is 6.20 Å². The van der Waals surface area contributed by atoms with Crippen molar-refractivity contribution >= 4 is 15.9 Å². The molecule has 20 heavy (non-hydrogen) atoms. The maximum absolute atomic E-state index is 5.96. The smallest absolute Gasteiger partial charge is 0.125 e. The van der Waals surface area contributed by atoms with Crippen LogP contribution in [-0.2, 0) is 13.2 Å². The zero-order chi connectivity index (χ0) is 14.5. The predicted molar refractivity (Wildman–Crippen MR) is 84.9 cm³/mol. The van der Waals surface area contributed by atoms with Crippen molar-refractivity contribution in [3.8, 4) is 5.75 Å². The van der Waals surface area contributed by atoms with Crippen molar-refractivity contribution in [2.45, 2.75) is 27.0 Å². The van der Waals surface area contributed by atoms with Gasteiger partial charge in [-0.3, -0.25) is 4.98 Å². The zero-order valence-corrected chi connectivity index (χ0v) is 13.6. The van der Waals surface area contributed by atoms with Crippen LogP contribution in [0, 0.1) is 13.8 Å². The summed E-state index contributed by atoms with van der Waals surface area (Å²) in [6.07, 6.45) is 3.59. The molecule has 0 aliphatic heterocycles. The molecule has 0 aliphatic carbocycles. The van der Waals surface area contributed by atoms with Gasteiger partial charge in [0, 0.05) is 29.0 Å². The summed E-state index contributed by atoms with van der Waals surface area (Å²) in [5, 5.41) is 3.17. The second kappa shape index (κ2) is 6.86. The van der Waals surface area contributed by atoms with Crippen molar-refractivity contribution in [2.75, 3.05) is 7.05 Å². The van der Waals surface area contributed by atoms with Gasteiger partial charge < -0.3 is 10.1 Å². The van der Waals surface area contributed by atoms with Crippen LogP contribution in [0.15, 0.2) is 35.1 Å². The van der Waals surface area contributed by atoms with Crippen molar-refractivity contribution in [1.82, 2.24) is 10.3 Å². The number of halogens is 1. The largest absolute Gasteiger partial charge is 0.488 e. The third kappa shape index (κ3) is 3.81. The second-order valence-electron chi connectivity index (χ2n) is 4.89. The van der Waals surface area contributed by atoms with Crippen molar-refractivity contribution in [1.29, 1.82) is 0 Å². The molecular weight excluding hydrogens is 316 g/mol. The zero-order valence-electron chi connectivity index (χ0n) is 12.0. The molecule has 1 N–H and O–H groups in total. The number of benzene rings is 1. The van der Waals surface area contributed by atoms with Gasteiger partial charge in [0.05, 0.1) is 0 Å². The summed E-state index contributed by atoms with van der Waals surface area (Å²) in [6, 6.07) is 6.35. The molecule has 0 fully saturated rings. The van der Waals surface area contributed by atoms with Gasteiger partial charge in [0.25, 0.3) is 0 Å². The van der Waals surface area contributed by atoms with Crippen LogP contribution in [0.5, 0.6) is 5.75 Å². The van der Waals surface area contributed by atoms with E-state index in [1.807, 2.05) is 19.3 Å². The molecule has 106 valence electrons. The van der Waals surface area contributed by atoms with Crippen LogP contribution in [-0.4, -0.2) is 12.0 Å². The molecule has 1 heterocycles. The van der Waals surface area contributed by atoms with E-state index in [1.165, 1.54) is 16.7 Å². The Hall–Kier alpha value is -1.39. The summed E-state index contributed by atoms with van der Waals surface area (Å²) in [5.41, 5.74) is 4.66. The molecule has 0 radical (unpaired) electrons. The summed E-state index contributed by atoms with van der Waals surface area (Å²) in [7, 11) is 1.95. The fourth-order valence-corrected chi connectivity index (χ4v) is 2.68. The Morgan fingerprint density at radius 3 is 2.40 bits per heavy atom. The van der Waals surface area contributed by atoms with E-state index in [2.05, 4.69) is 52.2 Å². The van der Waals surface area contributed by atoms with Gasteiger partial charge in [-0.1, -0.05) is 12.1 Å². The normalized spacial score (nSPS) is 10.6. The van der Waals surface area contributed by atoms with Crippen LogP contribution in [0.4, 0.5) is 0 Å². The van der Waals surface area contributed by atoms with Gasteiger partial charge in [-0.15, -0.1) is 0 Å². The van der Waals surface area contributed by atoms with Crippen LogP contribution in [0.3, 0.4) is 0 Å². The number of rotatable bonds is 5. The fourth-order valence-electron chi connectivity index (χ4n) is 2.26. The highest BCUT2D eigenvalue weighted by atomic mass is 79.9. The highest BCUT2D eigenvalue weighted by Gasteiger charge is 2.07. The van der Waals surface area contributed by atoms with Gasteiger partial charge in [0.15, 0.2) is 0 Å². The summed E-state index contributed by atoms with van der Waals surface area (Å²) in [6.45, 7) is 5.57. The summed E-state index contributed by atoms with van der Waals surface area (Å²) in [4.78, 5) is 4.14. The molecule has 0 atom stereocenters. The minimum Gasteiger partial charge on any atom is -0.488 e. The Kier molecular flexibility index (Phi) is 5.15. The number of aryl methyl sites for hydroxylation is 2. The number of ether oxygens (including phenoxy) is 1. The lowest BCUT2D eigenvalue weighted by molar-refractivity contribution is 0.301. The molecule has 0 saturated heterocycles. The van der Waals surface area contributed by atoms with E-state index in [0.29, 0.717) is 6.61 Å². The van der Waals surface area contributed by atoms with E-state index in [-0.39, 0.29) is 0 Å². The van der Waals surface area contributed by atoms with Crippen LogP contribution < -0.4 is 10.1 Å². The monoisotopic (exact) mass is 334 g/mol. The lowest BCUT2D eigenvalue weighted by atomic mass is 10.1. The molecule has 3 nitrogen and oxygen atoms in total. The molecule has 0 amide bonds. The Bertz CT molecular complexity index is 576. The highest BCUT2D eigenvalue weighted by molar-refractivity contribution is 9.10. The van der Waals surface area contributed by atoms with E-state index >= 15 is 0 Å². The average molecular weight is 335 g/mol. The molecule has 4 heteroatoms. The number of pyridine rings is 1. The van der Waals surface area contributed by atoms with Gasteiger partial charge in [0.1, 0.15) is 12.4 Å². The number of hydrogen-bond acceptors (Lipinski definition) is 3. The topological polar surface area (TPSA) is 34.1 Å². The molecule has 1 aromatic heterocycles. The first kappa shape index (κ1) is 15.0. The van der Waals surface area contributed by atoms with Crippen molar-refractivity contribution in [2.24, 2.45) is 0 Å². The Morgan fingerprint density at radius 1 is 1.10 bits per heavy atom. The fraction of sp³-hybridized carbons (Fsp3) is 0.312. The summed E-state index contributed by atoms with van der Waals surface area (Å²) < 4.78 is 6.93. The lowest BCUT2D eigenvalue weighted by Gasteiger charge is -2.14. The third-order valence-electron chi connectivity index (χ3n) is 3.05. The van der Waals surface area contributed by atoms with E-state index in [0.717, 1.165) is 22.3 Å². The SMILES string of the molecule is CNCc1cc(C)c(OCc2cncc(Br)c2)c(C)c1. The van der Waals surface area contributed by atoms with Crippen LogP contribution in [0.2, 0.25) is 0 Å². The van der Waals surface area contributed by atoms with Gasteiger partial charge in [-0.2, -0.15) is 0 Å². The Balaban J connectivity index is 2.13. The molecule has 1 aromatic carbocycles. The van der Waals surface area contributed by atoms with Crippen molar-refractivity contribution in [3.63, 3.8) is 0 Å². The van der Waals surface area contributed by atoms with Gasteiger partial charge in [-0.25, -0.2) is 0 Å². The molecule has 0 unspecified atom stereocenters. The van der Waals surface area contributed by atoms with Gasteiger partial charge >= 0.3 is 0 Å². The first-order chi connectivity index (χ1) is 9.60. The van der Waals surface area contributed by atoms with E-state index < -0.39 is 0 Å². The maximum atomic E-state index is 5.96. The van der Waals surface area contributed by atoms with Gasteiger partial charge in [-0.05, 0) is 59.6 Å². The quantitative estimate of drug-likeness (QED) is 0.903. The highest BCUT2D eigenvalue weighted by Crippen LogP contribution is 2.26.